The van der Waals surface area contributed by atoms with Gasteiger partial charge in [-0.15, -0.1) is 0 Å². The number of hydrogen-bond acceptors (Lipinski definition) is 4. The first-order chi connectivity index (χ1) is 13.0. The fourth-order valence-electron chi connectivity index (χ4n) is 3.20. The van der Waals surface area contributed by atoms with Crippen molar-refractivity contribution in [3.63, 3.8) is 0 Å². The normalized spacial score (nSPS) is 16.7. The van der Waals surface area contributed by atoms with E-state index in [9.17, 15) is 4.79 Å². The molecule has 5 heteroatoms. The SMILES string of the molecule is COc1ccccc1C1CC(c2ccccc2)=NN1C(=O)CN(C)C(C)C. The van der Waals surface area contributed by atoms with Crippen LogP contribution in [0.3, 0.4) is 0 Å². The maximum Gasteiger partial charge on any atom is 0.257 e. The molecule has 1 aliphatic heterocycles. The summed E-state index contributed by atoms with van der Waals surface area (Å²) in [5, 5.41) is 6.36. The predicted octanol–water partition coefficient (Wildman–Crippen LogP) is 3.71. The first-order valence-corrected chi connectivity index (χ1v) is 9.29. The number of hydrazone groups is 1. The van der Waals surface area contributed by atoms with Gasteiger partial charge in [-0.05, 0) is 32.5 Å². The second-order valence-corrected chi connectivity index (χ2v) is 7.12. The van der Waals surface area contributed by atoms with E-state index in [0.29, 0.717) is 19.0 Å². The Morgan fingerprint density at radius 3 is 2.52 bits per heavy atom. The van der Waals surface area contributed by atoms with Crippen molar-refractivity contribution in [2.24, 2.45) is 5.10 Å². The van der Waals surface area contributed by atoms with E-state index in [2.05, 4.69) is 13.8 Å². The van der Waals surface area contributed by atoms with Gasteiger partial charge in [-0.1, -0.05) is 48.5 Å². The van der Waals surface area contributed by atoms with Crippen LogP contribution in [0.4, 0.5) is 0 Å². The standard InChI is InChI=1S/C22H27N3O2/c1-16(2)24(3)15-22(26)25-20(18-12-8-9-13-21(18)27-4)14-19(23-25)17-10-6-5-7-11-17/h5-13,16,20H,14-15H2,1-4H3. The quantitative estimate of drug-likeness (QED) is 0.784. The minimum atomic E-state index is -0.163. The molecule has 1 amide bonds. The zero-order valence-corrected chi connectivity index (χ0v) is 16.4. The Kier molecular flexibility index (Phi) is 5.91. The van der Waals surface area contributed by atoms with Crippen LogP contribution in [0.15, 0.2) is 59.7 Å². The number of carbonyl (C=O) groups excluding carboxylic acids is 1. The lowest BCUT2D eigenvalue weighted by Crippen LogP contribution is -2.39. The van der Waals surface area contributed by atoms with Crippen molar-refractivity contribution in [2.45, 2.75) is 32.4 Å². The number of ether oxygens (including phenoxy) is 1. The number of likely N-dealkylation sites (N-methyl/N-ethyl adjacent to an activating group) is 1. The Labute approximate surface area is 161 Å². The predicted molar refractivity (Wildman–Crippen MR) is 108 cm³/mol. The molecule has 142 valence electrons. The van der Waals surface area contributed by atoms with Crippen molar-refractivity contribution in [1.29, 1.82) is 0 Å². The largest absolute Gasteiger partial charge is 0.496 e. The molecule has 0 saturated carbocycles. The van der Waals surface area contributed by atoms with E-state index in [-0.39, 0.29) is 11.9 Å². The van der Waals surface area contributed by atoms with E-state index in [0.717, 1.165) is 22.6 Å². The Bertz CT molecular complexity index is 817. The van der Waals surface area contributed by atoms with Gasteiger partial charge in [0.2, 0.25) is 0 Å². The van der Waals surface area contributed by atoms with Gasteiger partial charge in [0.05, 0.1) is 25.4 Å². The van der Waals surface area contributed by atoms with Crippen LogP contribution >= 0.6 is 0 Å². The van der Waals surface area contributed by atoms with E-state index in [1.807, 2.05) is 66.5 Å². The zero-order valence-electron chi connectivity index (χ0n) is 16.4. The van der Waals surface area contributed by atoms with Gasteiger partial charge in [0.15, 0.2) is 0 Å². The smallest absolute Gasteiger partial charge is 0.257 e. The summed E-state index contributed by atoms with van der Waals surface area (Å²) in [6, 6.07) is 18.0. The summed E-state index contributed by atoms with van der Waals surface area (Å²) in [7, 11) is 3.62. The summed E-state index contributed by atoms with van der Waals surface area (Å²) in [5.74, 6) is 0.773. The average molecular weight is 365 g/mol. The third-order valence-electron chi connectivity index (χ3n) is 5.04. The molecule has 0 spiro atoms. The Morgan fingerprint density at radius 2 is 1.85 bits per heavy atom. The number of para-hydroxylation sites is 1. The number of carbonyl (C=O) groups is 1. The van der Waals surface area contributed by atoms with E-state index in [1.165, 1.54) is 0 Å². The monoisotopic (exact) mass is 365 g/mol. The highest BCUT2D eigenvalue weighted by Gasteiger charge is 2.35. The van der Waals surface area contributed by atoms with Crippen molar-refractivity contribution in [3.05, 3.63) is 65.7 Å². The topological polar surface area (TPSA) is 45.1 Å². The molecular formula is C22H27N3O2. The third kappa shape index (κ3) is 4.19. The molecule has 0 aliphatic carbocycles. The molecule has 27 heavy (non-hydrogen) atoms. The van der Waals surface area contributed by atoms with Gasteiger partial charge in [-0.3, -0.25) is 9.69 Å². The van der Waals surface area contributed by atoms with Crippen molar-refractivity contribution >= 4 is 11.6 Å². The number of rotatable bonds is 6. The lowest BCUT2D eigenvalue weighted by molar-refractivity contribution is -0.134. The number of nitrogens with zero attached hydrogens (tertiary/aromatic N) is 3. The van der Waals surface area contributed by atoms with Crippen molar-refractivity contribution in [1.82, 2.24) is 9.91 Å². The van der Waals surface area contributed by atoms with Gasteiger partial charge < -0.3 is 4.74 Å². The zero-order chi connectivity index (χ0) is 19.4. The molecular weight excluding hydrogens is 338 g/mol. The second kappa shape index (κ2) is 8.35. The Morgan fingerprint density at radius 1 is 1.19 bits per heavy atom. The van der Waals surface area contributed by atoms with Crippen molar-refractivity contribution in [3.8, 4) is 5.75 Å². The summed E-state index contributed by atoms with van der Waals surface area (Å²) < 4.78 is 5.55. The second-order valence-electron chi connectivity index (χ2n) is 7.12. The highest BCUT2D eigenvalue weighted by atomic mass is 16.5. The lowest BCUT2D eigenvalue weighted by Gasteiger charge is -2.27. The molecule has 1 unspecified atom stereocenters. The molecule has 0 fully saturated rings. The number of hydrogen-bond donors (Lipinski definition) is 0. The van der Waals surface area contributed by atoms with Crippen molar-refractivity contribution in [2.75, 3.05) is 20.7 Å². The van der Waals surface area contributed by atoms with Crippen LogP contribution in [0, 0.1) is 0 Å². The van der Waals surface area contributed by atoms with E-state index in [4.69, 9.17) is 9.84 Å². The van der Waals surface area contributed by atoms with Crippen LogP contribution in [0.2, 0.25) is 0 Å². The number of amides is 1. The Balaban J connectivity index is 1.95. The third-order valence-corrected chi connectivity index (χ3v) is 5.04. The number of benzene rings is 2. The molecule has 1 atom stereocenters. The van der Waals surface area contributed by atoms with Gasteiger partial charge >= 0.3 is 0 Å². The van der Waals surface area contributed by atoms with Gasteiger partial charge in [-0.25, -0.2) is 5.01 Å². The summed E-state index contributed by atoms with van der Waals surface area (Å²) in [6.07, 6.45) is 0.668. The number of methoxy groups -OCH3 is 1. The van der Waals surface area contributed by atoms with E-state index < -0.39 is 0 Å². The van der Waals surface area contributed by atoms with Gasteiger partial charge in [0.25, 0.3) is 5.91 Å². The fraction of sp³-hybridized carbons (Fsp3) is 0.364. The van der Waals surface area contributed by atoms with E-state index in [1.54, 1.807) is 12.1 Å². The van der Waals surface area contributed by atoms with Crippen LogP contribution in [0.1, 0.15) is 37.4 Å². The summed E-state index contributed by atoms with van der Waals surface area (Å²) in [4.78, 5) is 15.1. The fourth-order valence-corrected chi connectivity index (χ4v) is 3.20. The molecule has 0 saturated heterocycles. The lowest BCUT2D eigenvalue weighted by atomic mass is 9.97. The summed E-state index contributed by atoms with van der Waals surface area (Å²) in [6.45, 7) is 4.48. The van der Waals surface area contributed by atoms with Gasteiger partial charge in [0, 0.05) is 18.0 Å². The molecule has 2 aromatic rings. The van der Waals surface area contributed by atoms with E-state index >= 15 is 0 Å². The molecule has 5 nitrogen and oxygen atoms in total. The van der Waals surface area contributed by atoms with Gasteiger partial charge in [0.1, 0.15) is 5.75 Å². The molecule has 1 heterocycles. The maximum absolute atomic E-state index is 13.1. The molecule has 3 rings (SSSR count). The van der Waals surface area contributed by atoms with Gasteiger partial charge in [-0.2, -0.15) is 5.10 Å². The molecule has 0 N–H and O–H groups in total. The van der Waals surface area contributed by atoms with Crippen LogP contribution in [0.5, 0.6) is 5.75 Å². The highest BCUT2D eigenvalue weighted by Crippen LogP contribution is 2.37. The Hall–Kier alpha value is -2.66. The molecule has 1 aliphatic rings. The molecule has 2 aromatic carbocycles. The van der Waals surface area contributed by atoms with Crippen LogP contribution in [-0.4, -0.2) is 48.3 Å². The summed E-state index contributed by atoms with van der Waals surface area (Å²) >= 11 is 0. The maximum atomic E-state index is 13.1. The highest BCUT2D eigenvalue weighted by molar-refractivity contribution is 6.03. The first-order valence-electron chi connectivity index (χ1n) is 9.29. The van der Waals surface area contributed by atoms with Crippen LogP contribution in [-0.2, 0) is 4.79 Å². The minimum absolute atomic E-state index is 0.00645. The van der Waals surface area contributed by atoms with Crippen LogP contribution < -0.4 is 4.74 Å². The minimum Gasteiger partial charge on any atom is -0.496 e. The van der Waals surface area contributed by atoms with Crippen molar-refractivity contribution < 1.29 is 9.53 Å². The molecule has 0 bridgehead atoms. The molecule has 0 aromatic heterocycles. The summed E-state index contributed by atoms with van der Waals surface area (Å²) in [5.41, 5.74) is 2.95. The first kappa shape index (κ1) is 19.1. The molecule has 0 radical (unpaired) electrons. The van der Waals surface area contributed by atoms with Crippen LogP contribution in [0.25, 0.3) is 0 Å². The average Bonchev–Trinajstić information content (AvgIpc) is 3.14.